The second-order valence-corrected chi connectivity index (χ2v) is 6.15. The first-order valence-electron chi connectivity index (χ1n) is 8.68. The molecule has 0 amide bonds. The van der Waals surface area contributed by atoms with Crippen molar-refractivity contribution in [2.24, 2.45) is 5.10 Å². The lowest BCUT2D eigenvalue weighted by Crippen LogP contribution is -2.43. The molecule has 0 atom stereocenters. The number of para-hydroxylation sites is 1. The van der Waals surface area contributed by atoms with E-state index in [2.05, 4.69) is 34.3 Å². The average molecular weight is 350 g/mol. The number of rotatable bonds is 6. The summed E-state index contributed by atoms with van der Waals surface area (Å²) in [4.78, 5) is 13.0. The van der Waals surface area contributed by atoms with Gasteiger partial charge in [0.2, 0.25) is 0 Å². The Labute approximate surface area is 153 Å². The van der Waals surface area contributed by atoms with E-state index in [1.165, 1.54) is 11.6 Å². The molecule has 2 aromatic carbocycles. The molecule has 1 heterocycles. The van der Waals surface area contributed by atoms with E-state index < -0.39 is 0 Å². The molecular weight excluding hydrogens is 328 g/mol. The Morgan fingerprint density at radius 1 is 1.00 bits per heavy atom. The second kappa shape index (κ2) is 8.92. The zero-order chi connectivity index (χ0) is 18.2. The van der Waals surface area contributed by atoms with Crippen LogP contribution in [0.15, 0.2) is 65.8 Å². The van der Waals surface area contributed by atoms with Crippen LogP contribution in [0, 0.1) is 10.1 Å². The fourth-order valence-electron chi connectivity index (χ4n) is 2.93. The van der Waals surface area contributed by atoms with Crippen LogP contribution in [0.3, 0.4) is 0 Å². The molecule has 1 aliphatic heterocycles. The number of hydrazone groups is 1. The quantitative estimate of drug-likeness (QED) is 0.455. The van der Waals surface area contributed by atoms with Gasteiger partial charge in [0.15, 0.2) is 0 Å². The van der Waals surface area contributed by atoms with Gasteiger partial charge in [-0.25, -0.2) is 0 Å². The molecule has 3 rings (SSSR count). The first-order chi connectivity index (χ1) is 12.7. The summed E-state index contributed by atoms with van der Waals surface area (Å²) in [5.74, 6) is 0. The smallest absolute Gasteiger partial charge is 0.276 e. The molecule has 6 nitrogen and oxygen atoms in total. The molecule has 0 spiro atoms. The number of nitro groups is 1. The minimum absolute atomic E-state index is 0.103. The molecule has 0 radical (unpaired) electrons. The largest absolute Gasteiger partial charge is 0.295 e. The second-order valence-electron chi connectivity index (χ2n) is 6.15. The SMILES string of the molecule is O=[N+]([O-])c1ccccc1/C=C\C=N\N1CCN(Cc2ccccc2)CC1. The molecular formula is C20H22N4O2. The maximum absolute atomic E-state index is 11.0. The van der Waals surface area contributed by atoms with Crippen molar-refractivity contribution in [2.75, 3.05) is 26.2 Å². The van der Waals surface area contributed by atoms with Crippen LogP contribution < -0.4 is 0 Å². The fourth-order valence-corrected chi connectivity index (χ4v) is 2.93. The number of hydrogen-bond acceptors (Lipinski definition) is 5. The van der Waals surface area contributed by atoms with Crippen LogP contribution in [0.5, 0.6) is 0 Å². The van der Waals surface area contributed by atoms with Crippen LogP contribution in [0.2, 0.25) is 0 Å². The summed E-state index contributed by atoms with van der Waals surface area (Å²) in [6.45, 7) is 4.67. The monoisotopic (exact) mass is 350 g/mol. The van der Waals surface area contributed by atoms with Gasteiger partial charge in [0.1, 0.15) is 0 Å². The number of allylic oxidation sites excluding steroid dienone is 1. The van der Waals surface area contributed by atoms with Crippen molar-refractivity contribution in [3.63, 3.8) is 0 Å². The van der Waals surface area contributed by atoms with Gasteiger partial charge in [-0.15, -0.1) is 0 Å². The number of nitro benzene ring substituents is 1. The highest BCUT2D eigenvalue weighted by Gasteiger charge is 2.15. The lowest BCUT2D eigenvalue weighted by molar-refractivity contribution is -0.385. The third-order valence-electron chi connectivity index (χ3n) is 4.32. The average Bonchev–Trinajstić information content (AvgIpc) is 2.67. The standard InChI is InChI=1S/C20H22N4O2/c25-24(26)20-11-5-4-9-19(20)10-6-12-21-23-15-13-22(14-16-23)17-18-7-2-1-3-8-18/h1-12H,13-17H2/b10-6-,21-12+. The van der Waals surface area contributed by atoms with Crippen molar-refractivity contribution in [1.29, 1.82) is 0 Å². The van der Waals surface area contributed by atoms with Crippen LogP contribution in [-0.4, -0.2) is 47.2 Å². The molecule has 0 unspecified atom stereocenters. The highest BCUT2D eigenvalue weighted by Crippen LogP contribution is 2.18. The van der Waals surface area contributed by atoms with Crippen molar-refractivity contribution in [3.8, 4) is 0 Å². The molecule has 1 aliphatic rings. The first kappa shape index (κ1) is 17.8. The highest BCUT2D eigenvalue weighted by atomic mass is 16.6. The van der Waals surface area contributed by atoms with Crippen molar-refractivity contribution in [2.45, 2.75) is 6.54 Å². The van der Waals surface area contributed by atoms with Gasteiger partial charge in [-0.1, -0.05) is 42.5 Å². The van der Waals surface area contributed by atoms with Gasteiger partial charge in [0.05, 0.1) is 10.5 Å². The van der Waals surface area contributed by atoms with Gasteiger partial charge in [-0.05, 0) is 23.8 Å². The summed E-state index contributed by atoms with van der Waals surface area (Å²) < 4.78 is 0. The Morgan fingerprint density at radius 3 is 2.42 bits per heavy atom. The summed E-state index contributed by atoms with van der Waals surface area (Å²) in [5.41, 5.74) is 2.01. The van der Waals surface area contributed by atoms with Gasteiger partial charge in [-0.3, -0.25) is 20.0 Å². The molecule has 6 heteroatoms. The normalized spacial score (nSPS) is 15.8. The summed E-state index contributed by atoms with van der Waals surface area (Å²) in [6, 6.07) is 17.2. The molecule has 26 heavy (non-hydrogen) atoms. The summed E-state index contributed by atoms with van der Waals surface area (Å²) >= 11 is 0. The minimum Gasteiger partial charge on any atom is -0.295 e. The molecule has 2 aromatic rings. The third kappa shape index (κ3) is 5.00. The Kier molecular flexibility index (Phi) is 6.11. The van der Waals surface area contributed by atoms with Crippen LogP contribution in [0.4, 0.5) is 5.69 Å². The topological polar surface area (TPSA) is 62.0 Å². The Bertz CT molecular complexity index is 781. The van der Waals surface area contributed by atoms with Crippen molar-refractivity contribution in [3.05, 3.63) is 81.9 Å². The Balaban J connectivity index is 1.48. The van der Waals surface area contributed by atoms with Crippen LogP contribution >= 0.6 is 0 Å². The van der Waals surface area contributed by atoms with E-state index >= 15 is 0 Å². The maximum atomic E-state index is 11.0. The Morgan fingerprint density at radius 2 is 1.69 bits per heavy atom. The van der Waals surface area contributed by atoms with Crippen LogP contribution in [0.1, 0.15) is 11.1 Å². The Hall–Kier alpha value is -2.99. The van der Waals surface area contributed by atoms with Gasteiger partial charge in [-0.2, -0.15) is 5.10 Å². The fraction of sp³-hybridized carbons (Fsp3) is 0.250. The lowest BCUT2D eigenvalue weighted by atomic mass is 10.1. The van der Waals surface area contributed by atoms with E-state index in [1.807, 2.05) is 11.1 Å². The molecule has 1 saturated heterocycles. The molecule has 0 N–H and O–H groups in total. The predicted molar refractivity (Wildman–Crippen MR) is 104 cm³/mol. The zero-order valence-electron chi connectivity index (χ0n) is 14.6. The van der Waals surface area contributed by atoms with E-state index in [9.17, 15) is 10.1 Å². The van der Waals surface area contributed by atoms with Gasteiger partial charge in [0, 0.05) is 45.0 Å². The van der Waals surface area contributed by atoms with E-state index in [1.54, 1.807) is 36.6 Å². The maximum Gasteiger partial charge on any atom is 0.276 e. The predicted octanol–water partition coefficient (Wildman–Crippen LogP) is 3.41. The highest BCUT2D eigenvalue weighted by molar-refractivity contribution is 5.79. The van der Waals surface area contributed by atoms with Crippen LogP contribution in [0.25, 0.3) is 6.08 Å². The molecule has 0 aromatic heterocycles. The van der Waals surface area contributed by atoms with E-state index in [0.717, 1.165) is 32.7 Å². The summed E-state index contributed by atoms with van der Waals surface area (Å²) in [6.07, 6.45) is 5.16. The lowest BCUT2D eigenvalue weighted by Gasteiger charge is -2.32. The first-order valence-corrected chi connectivity index (χ1v) is 8.68. The van der Waals surface area contributed by atoms with Crippen LogP contribution in [-0.2, 0) is 6.54 Å². The van der Waals surface area contributed by atoms with Crippen molar-refractivity contribution < 1.29 is 4.92 Å². The molecule has 0 saturated carbocycles. The van der Waals surface area contributed by atoms with Gasteiger partial charge >= 0.3 is 0 Å². The minimum atomic E-state index is -0.372. The van der Waals surface area contributed by atoms with Crippen molar-refractivity contribution >= 4 is 18.0 Å². The van der Waals surface area contributed by atoms with E-state index in [0.29, 0.717) is 5.56 Å². The van der Waals surface area contributed by atoms with Gasteiger partial charge in [0.25, 0.3) is 5.69 Å². The van der Waals surface area contributed by atoms with Crippen molar-refractivity contribution in [1.82, 2.24) is 9.91 Å². The number of nitrogens with zero attached hydrogens (tertiary/aromatic N) is 4. The number of piperazine rings is 1. The number of benzene rings is 2. The summed E-state index contributed by atoms with van der Waals surface area (Å²) in [5, 5.41) is 17.5. The molecule has 134 valence electrons. The van der Waals surface area contributed by atoms with Gasteiger partial charge < -0.3 is 0 Å². The molecule has 1 fully saturated rings. The number of hydrogen-bond donors (Lipinski definition) is 0. The van der Waals surface area contributed by atoms with E-state index in [-0.39, 0.29) is 10.6 Å². The zero-order valence-corrected chi connectivity index (χ0v) is 14.6. The van der Waals surface area contributed by atoms with E-state index in [4.69, 9.17) is 0 Å². The third-order valence-corrected chi connectivity index (χ3v) is 4.32. The molecule has 0 aliphatic carbocycles. The molecule has 0 bridgehead atoms. The summed E-state index contributed by atoms with van der Waals surface area (Å²) in [7, 11) is 0.